The van der Waals surface area contributed by atoms with Crippen LogP contribution >= 0.6 is 0 Å². The molecule has 0 unspecified atom stereocenters. The quantitative estimate of drug-likeness (QED) is 0.139. The highest BCUT2D eigenvalue weighted by molar-refractivity contribution is 6.13. The minimum atomic E-state index is -0.479. The summed E-state index contributed by atoms with van der Waals surface area (Å²) in [4.78, 5) is 58.9. The monoisotopic (exact) mass is 615 g/mol. The number of nitrogens with two attached hydrogens (primary N) is 1. The molecule has 12 heteroatoms. The van der Waals surface area contributed by atoms with Gasteiger partial charge in [-0.05, 0) is 90.6 Å². The van der Waals surface area contributed by atoms with Crippen LogP contribution in [-0.4, -0.2) is 57.7 Å². The fourth-order valence-corrected chi connectivity index (χ4v) is 7.71. The van der Waals surface area contributed by atoms with Crippen LogP contribution in [-0.2, 0) is 30.8 Å². The van der Waals surface area contributed by atoms with Gasteiger partial charge >= 0.3 is 6.03 Å². The van der Waals surface area contributed by atoms with Gasteiger partial charge in [-0.2, -0.15) is 0 Å². The molecule has 0 aliphatic carbocycles. The first kappa shape index (κ1) is 26.8. The van der Waals surface area contributed by atoms with Crippen molar-refractivity contribution in [2.24, 2.45) is 5.73 Å². The van der Waals surface area contributed by atoms with Crippen LogP contribution in [0.15, 0.2) is 54.6 Å². The average Bonchev–Trinajstić information content (AvgIpc) is 3.88. The largest absolute Gasteiger partial charge is 0.356 e. The molecular formula is C34H29N7O5. The van der Waals surface area contributed by atoms with Crippen LogP contribution in [0.3, 0.4) is 0 Å². The van der Waals surface area contributed by atoms with Crippen LogP contribution in [0.1, 0.15) is 43.4 Å². The van der Waals surface area contributed by atoms with Crippen LogP contribution in [0.2, 0.25) is 0 Å². The van der Waals surface area contributed by atoms with Crippen molar-refractivity contribution in [3.63, 3.8) is 0 Å². The van der Waals surface area contributed by atoms with Crippen molar-refractivity contribution in [1.82, 2.24) is 15.0 Å². The lowest BCUT2D eigenvalue weighted by molar-refractivity contribution is -0.253. The third-order valence-corrected chi connectivity index (χ3v) is 9.79. The molecule has 0 radical (unpaired) electrons. The van der Waals surface area contributed by atoms with Crippen molar-refractivity contribution in [3.8, 4) is 0 Å². The smallest absolute Gasteiger partial charge is 0.319 e. The van der Waals surface area contributed by atoms with Gasteiger partial charge < -0.3 is 30.5 Å². The molecule has 3 aliphatic rings. The fraction of sp³-hybridized carbons (Fsp3) is 0.206. The Balaban J connectivity index is 1.01. The summed E-state index contributed by atoms with van der Waals surface area (Å²) in [7, 11) is 0. The Labute approximate surface area is 261 Å². The summed E-state index contributed by atoms with van der Waals surface area (Å²) in [5.41, 5.74) is 15.6. The lowest BCUT2D eigenvalue weighted by Crippen LogP contribution is -2.33. The number of rotatable bonds is 4. The maximum absolute atomic E-state index is 13.8. The SMILES string of the molecule is NC(=O)N1CCc2c1ccc1[nH]c(C(=O)N3CCc4c3ccc3[nH]c(C(=O)N5CCc6c5ccc5[nH]c(COO)cc65)cc43)cc21. The van der Waals surface area contributed by atoms with E-state index in [0.717, 1.165) is 78.6 Å². The molecule has 46 heavy (non-hydrogen) atoms. The predicted molar refractivity (Wildman–Crippen MR) is 174 cm³/mol. The zero-order chi connectivity index (χ0) is 31.3. The molecule has 0 saturated heterocycles. The lowest BCUT2D eigenvalue weighted by Gasteiger charge is -2.16. The summed E-state index contributed by atoms with van der Waals surface area (Å²) in [5.74, 6) is -0.234. The molecule has 230 valence electrons. The Hall–Kier alpha value is -5.59. The number of fused-ring (bicyclic) bond motifs is 9. The van der Waals surface area contributed by atoms with Crippen molar-refractivity contribution in [1.29, 1.82) is 0 Å². The van der Waals surface area contributed by atoms with E-state index in [1.807, 2.05) is 54.6 Å². The zero-order valence-corrected chi connectivity index (χ0v) is 24.6. The molecule has 3 aromatic heterocycles. The Morgan fingerprint density at radius 3 is 1.57 bits per heavy atom. The Morgan fingerprint density at radius 2 is 1.09 bits per heavy atom. The Morgan fingerprint density at radius 1 is 0.652 bits per heavy atom. The number of aromatic nitrogens is 3. The summed E-state index contributed by atoms with van der Waals surface area (Å²) < 4.78 is 0. The number of nitrogens with one attached hydrogen (secondary N) is 3. The molecule has 9 rings (SSSR count). The highest BCUT2D eigenvalue weighted by atomic mass is 17.1. The predicted octanol–water partition coefficient (Wildman–Crippen LogP) is 4.97. The van der Waals surface area contributed by atoms with Gasteiger partial charge in [0.1, 0.15) is 18.0 Å². The van der Waals surface area contributed by atoms with Crippen LogP contribution in [0.4, 0.5) is 21.9 Å². The number of carbonyl (C=O) groups is 3. The normalized spacial score (nSPS) is 15.4. The van der Waals surface area contributed by atoms with E-state index in [1.54, 1.807) is 14.7 Å². The van der Waals surface area contributed by atoms with Gasteiger partial charge in [-0.1, -0.05) is 0 Å². The van der Waals surface area contributed by atoms with E-state index in [9.17, 15) is 14.4 Å². The molecule has 0 atom stereocenters. The molecule has 0 bridgehead atoms. The number of H-pyrrole nitrogens is 3. The van der Waals surface area contributed by atoms with Crippen molar-refractivity contribution in [3.05, 3.63) is 88.4 Å². The van der Waals surface area contributed by atoms with Crippen molar-refractivity contribution >= 4 is 67.6 Å². The second-order valence-electron chi connectivity index (χ2n) is 12.2. The first-order valence-electron chi connectivity index (χ1n) is 15.3. The molecule has 3 aliphatic heterocycles. The second kappa shape index (κ2) is 9.70. The third-order valence-electron chi connectivity index (χ3n) is 9.79. The number of urea groups is 1. The van der Waals surface area contributed by atoms with E-state index in [1.165, 1.54) is 0 Å². The first-order chi connectivity index (χ1) is 22.4. The summed E-state index contributed by atoms with van der Waals surface area (Å²) >= 11 is 0. The molecule has 12 nitrogen and oxygen atoms in total. The van der Waals surface area contributed by atoms with Crippen LogP contribution < -0.4 is 20.4 Å². The molecular weight excluding hydrogens is 586 g/mol. The van der Waals surface area contributed by atoms with Gasteiger partial charge in [0, 0.05) is 75.1 Å². The molecule has 0 fully saturated rings. The van der Waals surface area contributed by atoms with Gasteiger partial charge in [-0.3, -0.25) is 19.7 Å². The first-order valence-corrected chi connectivity index (χ1v) is 15.3. The van der Waals surface area contributed by atoms with Gasteiger partial charge in [0.05, 0.1) is 0 Å². The maximum Gasteiger partial charge on any atom is 0.319 e. The van der Waals surface area contributed by atoms with Crippen LogP contribution in [0.5, 0.6) is 0 Å². The summed E-state index contributed by atoms with van der Waals surface area (Å²) in [6.07, 6.45) is 2.08. The number of anilines is 3. The van der Waals surface area contributed by atoms with E-state index in [0.29, 0.717) is 43.9 Å². The van der Waals surface area contributed by atoms with E-state index in [-0.39, 0.29) is 18.4 Å². The molecule has 0 spiro atoms. The summed E-state index contributed by atoms with van der Waals surface area (Å²) in [6, 6.07) is 16.8. The van der Waals surface area contributed by atoms with E-state index in [4.69, 9.17) is 11.0 Å². The highest BCUT2D eigenvalue weighted by Gasteiger charge is 2.32. The third kappa shape index (κ3) is 3.77. The number of hydrogen-bond donors (Lipinski definition) is 5. The van der Waals surface area contributed by atoms with Gasteiger partial charge in [0.25, 0.3) is 11.8 Å². The molecule has 3 aromatic carbocycles. The standard InChI is InChI=1S/C34H29N7O5/c35-34(44)41-12-9-20-23-15-28(38-26(23)3-6-31(20)41)33(43)40-11-8-19-22-14-27(37-25(22)2-5-30(19)40)32(42)39-10-7-18-21-13-17(16-46-45)36-24(21)1-4-29(18)39/h1-6,13-15,36-38,45H,7-12,16H2,(H2,35,44). The van der Waals surface area contributed by atoms with E-state index in [2.05, 4.69) is 19.8 Å². The molecule has 0 saturated carbocycles. The number of nitrogens with zero attached hydrogens (tertiary/aromatic N) is 3. The number of amides is 4. The number of benzene rings is 3. The van der Waals surface area contributed by atoms with Crippen molar-refractivity contribution in [2.45, 2.75) is 25.9 Å². The Kier molecular flexibility index (Phi) is 5.65. The number of carbonyl (C=O) groups excluding carboxylic acids is 3. The average molecular weight is 616 g/mol. The lowest BCUT2D eigenvalue weighted by atomic mass is 10.1. The molecule has 6 aromatic rings. The summed E-state index contributed by atoms with van der Waals surface area (Å²) in [5, 5.41) is 11.7. The number of aromatic amines is 3. The molecule has 4 amide bonds. The molecule has 6 N–H and O–H groups in total. The zero-order valence-electron chi connectivity index (χ0n) is 24.6. The molecule has 6 heterocycles. The Bertz CT molecular complexity index is 2300. The number of hydrogen-bond acceptors (Lipinski definition) is 5. The maximum atomic E-state index is 13.8. The van der Waals surface area contributed by atoms with Gasteiger partial charge in [0.15, 0.2) is 0 Å². The fourth-order valence-electron chi connectivity index (χ4n) is 7.71. The minimum absolute atomic E-state index is 0.0648. The van der Waals surface area contributed by atoms with Gasteiger partial charge in [0.2, 0.25) is 0 Å². The van der Waals surface area contributed by atoms with E-state index < -0.39 is 6.03 Å². The summed E-state index contributed by atoms with van der Waals surface area (Å²) in [6.45, 7) is 1.68. The van der Waals surface area contributed by atoms with Crippen molar-refractivity contribution < 1.29 is 24.5 Å². The van der Waals surface area contributed by atoms with Crippen molar-refractivity contribution in [2.75, 3.05) is 34.3 Å². The van der Waals surface area contributed by atoms with Crippen LogP contribution in [0.25, 0.3) is 32.7 Å². The van der Waals surface area contributed by atoms with Gasteiger partial charge in [-0.25, -0.2) is 9.68 Å². The van der Waals surface area contributed by atoms with Gasteiger partial charge in [-0.15, -0.1) is 0 Å². The number of primary amides is 1. The topological polar surface area (TPSA) is 164 Å². The highest BCUT2D eigenvalue weighted by Crippen LogP contribution is 2.39. The minimum Gasteiger partial charge on any atom is -0.356 e. The van der Waals surface area contributed by atoms with Crippen LogP contribution in [0, 0.1) is 0 Å². The van der Waals surface area contributed by atoms with E-state index >= 15 is 0 Å². The second-order valence-corrected chi connectivity index (χ2v) is 12.2.